The van der Waals surface area contributed by atoms with E-state index < -0.39 is 22.8 Å². The van der Waals surface area contributed by atoms with Gasteiger partial charge in [-0.25, -0.2) is 9.59 Å². The molecule has 0 spiro atoms. The number of nitrogens with zero attached hydrogens (tertiary/aromatic N) is 2. The van der Waals surface area contributed by atoms with Crippen LogP contribution in [0, 0.1) is 10.1 Å². The van der Waals surface area contributed by atoms with Crippen LogP contribution in [0.4, 0.5) is 11.4 Å². The average molecular weight is 496 g/mol. The maximum Gasteiger partial charge on any atom is 0.336 e. The third-order valence-electron chi connectivity index (χ3n) is 5.96. The first-order chi connectivity index (χ1) is 17.2. The van der Waals surface area contributed by atoms with Crippen LogP contribution in [-0.2, 0) is 25.5 Å². The summed E-state index contributed by atoms with van der Waals surface area (Å²) >= 11 is 0. The van der Waals surface area contributed by atoms with Crippen LogP contribution in [0.2, 0.25) is 0 Å². The summed E-state index contributed by atoms with van der Waals surface area (Å²) in [6.07, 6.45) is 0.434. The zero-order valence-electron chi connectivity index (χ0n) is 20.6. The number of nitro benzene ring substituents is 1. The zero-order chi connectivity index (χ0) is 26.4. The highest BCUT2D eigenvalue weighted by atomic mass is 16.6. The maximum atomic E-state index is 13.3. The smallest absolute Gasteiger partial charge is 0.336 e. The summed E-state index contributed by atoms with van der Waals surface area (Å²) in [5, 5.41) is 25.3. The van der Waals surface area contributed by atoms with E-state index in [9.17, 15) is 24.9 Å². The van der Waals surface area contributed by atoms with Crippen LogP contribution in [0.25, 0.3) is 0 Å². The summed E-state index contributed by atoms with van der Waals surface area (Å²) in [5.74, 6) is -2.20. The lowest BCUT2D eigenvalue weighted by molar-refractivity contribution is -0.384. The lowest BCUT2D eigenvalue weighted by atomic mass is 9.80. The van der Waals surface area contributed by atoms with Crippen molar-refractivity contribution in [1.29, 1.82) is 0 Å². The van der Waals surface area contributed by atoms with Crippen LogP contribution >= 0.6 is 0 Å². The maximum absolute atomic E-state index is 13.3. The molecule has 0 aliphatic carbocycles. The molecule has 1 atom stereocenters. The highest BCUT2D eigenvalue weighted by Crippen LogP contribution is 2.40. The van der Waals surface area contributed by atoms with Gasteiger partial charge >= 0.3 is 11.9 Å². The first-order valence-electron chi connectivity index (χ1n) is 11.4. The Kier molecular flexibility index (Phi) is 8.44. The average Bonchev–Trinajstić information content (AvgIpc) is 2.87. The molecular formula is C26H29N3O7. The second kappa shape index (κ2) is 11.5. The molecule has 1 unspecified atom stereocenters. The van der Waals surface area contributed by atoms with Gasteiger partial charge in [0.1, 0.15) is 0 Å². The lowest BCUT2D eigenvalue weighted by Gasteiger charge is -2.30. The van der Waals surface area contributed by atoms with E-state index in [4.69, 9.17) is 9.47 Å². The number of hydrogen-bond acceptors (Lipinski definition) is 9. The molecule has 0 radical (unpaired) electrons. The molecule has 1 aliphatic rings. The Balaban J connectivity index is 1.86. The van der Waals surface area contributed by atoms with Crippen molar-refractivity contribution in [2.45, 2.75) is 33.1 Å². The van der Waals surface area contributed by atoms with Gasteiger partial charge in [0, 0.05) is 36.5 Å². The number of hydrogen-bond donors (Lipinski definition) is 2. The van der Waals surface area contributed by atoms with Crippen LogP contribution < -0.4 is 10.4 Å². The number of carbonyl (C=O) groups is 2. The molecule has 0 amide bonds. The third-order valence-corrected chi connectivity index (χ3v) is 5.96. The summed E-state index contributed by atoms with van der Waals surface area (Å²) in [4.78, 5) is 36.8. The summed E-state index contributed by atoms with van der Waals surface area (Å²) < 4.78 is 10.5. The standard InChI is InChI=1S/C26H29N3O7/c1-5-28(32)20-11-9-18(10-12-20)13-14-36-26(31)23-17(3)27-16(2)22(25(30)35-4)24(23)19-7-6-8-21(15-19)29(33)34/h6-12,15,24,27,32H,5,13-14H2,1-4H3. The van der Waals surface area contributed by atoms with Crippen molar-refractivity contribution in [3.63, 3.8) is 0 Å². The Morgan fingerprint density at radius 1 is 1.08 bits per heavy atom. The second-order valence-corrected chi connectivity index (χ2v) is 8.25. The minimum Gasteiger partial charge on any atom is -0.466 e. The topological polar surface area (TPSA) is 131 Å². The number of carbonyl (C=O) groups excluding carboxylic acids is 2. The van der Waals surface area contributed by atoms with Gasteiger partial charge in [0.25, 0.3) is 5.69 Å². The number of ether oxygens (including phenoxy) is 2. The predicted octanol–water partition coefficient (Wildman–Crippen LogP) is 4.00. The van der Waals surface area contributed by atoms with Crippen molar-refractivity contribution < 1.29 is 29.2 Å². The summed E-state index contributed by atoms with van der Waals surface area (Å²) in [6, 6.07) is 13.0. The van der Waals surface area contributed by atoms with Gasteiger partial charge in [0.05, 0.1) is 41.4 Å². The largest absolute Gasteiger partial charge is 0.466 e. The fourth-order valence-electron chi connectivity index (χ4n) is 4.15. The van der Waals surface area contributed by atoms with Crippen LogP contribution in [0.5, 0.6) is 0 Å². The molecule has 0 aromatic heterocycles. The number of esters is 2. The van der Waals surface area contributed by atoms with E-state index >= 15 is 0 Å². The van der Waals surface area contributed by atoms with Gasteiger partial charge in [-0.3, -0.25) is 20.4 Å². The van der Waals surface area contributed by atoms with Gasteiger partial charge in [-0.05, 0) is 44.0 Å². The molecule has 0 saturated heterocycles. The first-order valence-corrected chi connectivity index (χ1v) is 11.4. The quantitative estimate of drug-likeness (QED) is 0.301. The molecule has 3 rings (SSSR count). The van der Waals surface area contributed by atoms with Crippen LogP contribution in [0.1, 0.15) is 37.8 Å². The highest BCUT2D eigenvalue weighted by molar-refractivity contribution is 5.99. The Morgan fingerprint density at radius 2 is 1.72 bits per heavy atom. The predicted molar refractivity (Wildman–Crippen MR) is 132 cm³/mol. The minimum atomic E-state index is -0.907. The molecule has 10 nitrogen and oxygen atoms in total. The SMILES string of the molecule is CCN(O)c1ccc(CCOC(=O)C2=C(C)NC(C)=C(C(=O)OC)C2c2cccc([N+](=O)[O-])c2)cc1. The van der Waals surface area contributed by atoms with Crippen molar-refractivity contribution in [2.24, 2.45) is 0 Å². The summed E-state index contributed by atoms with van der Waals surface area (Å²) in [6.45, 7) is 5.72. The highest BCUT2D eigenvalue weighted by Gasteiger charge is 2.38. The number of nitrogens with one attached hydrogen (secondary N) is 1. The fraction of sp³-hybridized carbons (Fsp3) is 0.308. The van der Waals surface area contributed by atoms with Gasteiger partial charge in [0.2, 0.25) is 0 Å². The van der Waals surface area contributed by atoms with Gasteiger partial charge < -0.3 is 14.8 Å². The number of allylic oxidation sites excluding steroid dienone is 2. The fourth-order valence-corrected chi connectivity index (χ4v) is 4.15. The molecule has 2 aromatic rings. The number of benzene rings is 2. The molecule has 0 saturated carbocycles. The normalized spacial score (nSPS) is 15.3. The van der Waals surface area contributed by atoms with Gasteiger partial charge in [-0.1, -0.05) is 24.3 Å². The van der Waals surface area contributed by atoms with E-state index in [-0.39, 0.29) is 23.4 Å². The second-order valence-electron chi connectivity index (χ2n) is 8.25. The van der Waals surface area contributed by atoms with E-state index in [1.807, 2.05) is 19.1 Å². The molecule has 190 valence electrons. The molecule has 1 aliphatic heterocycles. The minimum absolute atomic E-state index is 0.0729. The van der Waals surface area contributed by atoms with Crippen molar-refractivity contribution in [3.05, 3.63) is 92.3 Å². The number of dihydropyridines is 1. The monoisotopic (exact) mass is 495 g/mol. The van der Waals surface area contributed by atoms with Crippen LogP contribution in [-0.4, -0.2) is 42.3 Å². The van der Waals surface area contributed by atoms with Crippen molar-refractivity contribution in [2.75, 3.05) is 25.3 Å². The molecular weight excluding hydrogens is 466 g/mol. The van der Waals surface area contributed by atoms with Crippen molar-refractivity contribution in [3.8, 4) is 0 Å². The molecule has 0 fully saturated rings. The Bertz CT molecular complexity index is 1220. The number of rotatable bonds is 9. The van der Waals surface area contributed by atoms with Crippen LogP contribution in [0.3, 0.4) is 0 Å². The van der Waals surface area contributed by atoms with E-state index in [1.54, 1.807) is 32.0 Å². The summed E-state index contributed by atoms with van der Waals surface area (Å²) in [7, 11) is 1.23. The Labute approximate surface area is 208 Å². The number of anilines is 1. The van der Waals surface area contributed by atoms with Gasteiger partial charge in [-0.2, -0.15) is 0 Å². The molecule has 10 heteroatoms. The number of nitro groups is 1. The molecule has 2 aromatic carbocycles. The Morgan fingerprint density at radius 3 is 2.31 bits per heavy atom. The lowest BCUT2D eigenvalue weighted by Crippen LogP contribution is -2.32. The van der Waals surface area contributed by atoms with E-state index in [1.165, 1.54) is 25.3 Å². The Hall–Kier alpha value is -4.18. The van der Waals surface area contributed by atoms with Crippen LogP contribution in [0.15, 0.2) is 71.1 Å². The number of non-ortho nitro benzene ring substituents is 1. The van der Waals surface area contributed by atoms with Crippen molar-refractivity contribution in [1.82, 2.24) is 5.32 Å². The molecule has 36 heavy (non-hydrogen) atoms. The van der Waals surface area contributed by atoms with Gasteiger partial charge in [0.15, 0.2) is 0 Å². The molecule has 1 heterocycles. The van der Waals surface area contributed by atoms with Crippen molar-refractivity contribution >= 4 is 23.3 Å². The van der Waals surface area contributed by atoms with E-state index in [0.29, 0.717) is 35.6 Å². The van der Waals surface area contributed by atoms with E-state index in [2.05, 4.69) is 5.32 Å². The number of hydroxylamine groups is 1. The molecule has 0 bridgehead atoms. The van der Waals surface area contributed by atoms with Gasteiger partial charge in [-0.15, -0.1) is 0 Å². The third kappa shape index (κ3) is 5.72. The molecule has 2 N–H and O–H groups in total. The first kappa shape index (κ1) is 26.4. The summed E-state index contributed by atoms with van der Waals surface area (Å²) in [5.41, 5.74) is 3.12. The number of methoxy groups -OCH3 is 1. The van der Waals surface area contributed by atoms with E-state index in [0.717, 1.165) is 10.6 Å². The zero-order valence-corrected chi connectivity index (χ0v) is 20.6.